The van der Waals surface area contributed by atoms with Gasteiger partial charge in [-0.25, -0.2) is 9.97 Å². The number of benzene rings is 4. The summed E-state index contributed by atoms with van der Waals surface area (Å²) in [7, 11) is 6.04. The Morgan fingerprint density at radius 2 is 0.900 bits per heavy atom. The van der Waals surface area contributed by atoms with E-state index in [4.69, 9.17) is 28.9 Å². The summed E-state index contributed by atoms with van der Waals surface area (Å²) >= 11 is 0. The Morgan fingerprint density at radius 3 is 1.42 bits per heavy atom. The molecule has 5 N–H and O–H groups in total. The average molecular weight is 799 g/mol. The Bertz CT molecular complexity index is 3110. The minimum Gasteiger partial charge on any atom is -0.507 e. The van der Waals surface area contributed by atoms with E-state index in [1.165, 1.54) is 52.7 Å². The van der Waals surface area contributed by atoms with Crippen molar-refractivity contribution in [2.24, 2.45) is 0 Å². The first-order chi connectivity index (χ1) is 29.2. The van der Waals surface area contributed by atoms with Crippen molar-refractivity contribution in [2.75, 3.05) is 28.4 Å². The van der Waals surface area contributed by atoms with Crippen LogP contribution in [0.15, 0.2) is 103 Å². The molecule has 0 unspecified atom stereocenters. The van der Waals surface area contributed by atoms with Crippen LogP contribution in [0.1, 0.15) is 22.8 Å². The summed E-state index contributed by atoms with van der Waals surface area (Å²) in [6, 6.07) is 29.4. The largest absolute Gasteiger partial charge is 0.507 e. The van der Waals surface area contributed by atoms with Gasteiger partial charge in [0.15, 0.2) is 0 Å². The molecule has 3 aromatic heterocycles. The summed E-state index contributed by atoms with van der Waals surface area (Å²) < 4.78 is 23.9. The molecule has 0 saturated heterocycles. The maximum atomic E-state index is 12.1. The van der Waals surface area contributed by atoms with Crippen molar-refractivity contribution in [2.45, 2.75) is 0 Å². The first kappa shape index (κ1) is 37.5. The average Bonchev–Trinajstić information content (AvgIpc) is 4.07. The molecular formula is C48H38N4O8. The zero-order valence-corrected chi connectivity index (χ0v) is 32.9. The minimum atomic E-state index is -0.153. The smallest absolute Gasteiger partial charge is 0.143 e. The molecule has 298 valence electrons. The zero-order chi connectivity index (χ0) is 41.7. The van der Waals surface area contributed by atoms with Crippen molar-refractivity contribution < 1.29 is 39.4 Å². The fourth-order valence-electron chi connectivity index (χ4n) is 7.71. The normalized spacial score (nSPS) is 11.8. The first-order valence-electron chi connectivity index (χ1n) is 18.8. The SMILES string of the molecule is COc1ccc(-c2c(-c3ccc(OC)cc3O)c3c(-c4ccc(OC)cc4O)c4nc(cc5ccc(cc6nc(cc2n3-c2ccc(OC)cc2O)C=C6)[nH]5)C=C4)c(O)c1. The van der Waals surface area contributed by atoms with E-state index >= 15 is 0 Å². The number of H-pyrrole nitrogens is 1. The molecule has 0 spiro atoms. The second-order valence-electron chi connectivity index (χ2n) is 14.1. The van der Waals surface area contributed by atoms with E-state index in [2.05, 4.69) is 4.98 Å². The number of phenolic OH excluding ortho intramolecular Hbond substituents is 4. The number of aromatic nitrogens is 4. The highest BCUT2D eigenvalue weighted by Crippen LogP contribution is 2.53. The number of aromatic hydroxyl groups is 4. The van der Waals surface area contributed by atoms with Crippen LogP contribution >= 0.6 is 0 Å². The van der Waals surface area contributed by atoms with Gasteiger partial charge in [0.1, 0.15) is 46.0 Å². The standard InChI is InChI=1S/C48H38N4O8/c1-57-31-10-14-35(41(53)22-31)45-38-17-9-29(51-38)20-28-6-5-26(49-28)19-27-7-8-30(50-27)21-40-46(36-15-11-32(58-2)23-42(36)54)47(37-16-12-33(59-3)24-43(37)55)48(45)52(40)39-18-13-34(60-4)25-44(39)56/h5-25,49,53-56H,1-4H3. The van der Waals surface area contributed by atoms with E-state index in [0.717, 1.165) is 11.0 Å². The molecule has 7 aromatic rings. The van der Waals surface area contributed by atoms with Gasteiger partial charge in [-0.2, -0.15) is 0 Å². The molecule has 60 heavy (non-hydrogen) atoms. The number of nitrogens with zero attached hydrogens (tertiary/aromatic N) is 3. The predicted octanol–water partition coefficient (Wildman–Crippen LogP) is 9.98. The number of rotatable bonds is 8. The molecule has 0 aliphatic carbocycles. The molecule has 8 bridgehead atoms. The number of nitrogens with one attached hydrogen (secondary N) is 1. The van der Waals surface area contributed by atoms with Crippen LogP contribution in [0.3, 0.4) is 0 Å². The van der Waals surface area contributed by atoms with Crippen molar-refractivity contribution in [3.63, 3.8) is 0 Å². The number of hydrogen-bond donors (Lipinski definition) is 5. The number of aromatic amines is 1. The fraction of sp³-hybridized carbons (Fsp3) is 0.0833. The van der Waals surface area contributed by atoms with Crippen molar-refractivity contribution in [3.05, 3.63) is 126 Å². The zero-order valence-electron chi connectivity index (χ0n) is 32.9. The molecule has 0 amide bonds. The number of methoxy groups -OCH3 is 4. The van der Waals surface area contributed by atoms with Gasteiger partial charge in [-0.15, -0.1) is 0 Å². The van der Waals surface area contributed by atoms with Gasteiger partial charge in [0.05, 0.1) is 67.9 Å². The lowest BCUT2D eigenvalue weighted by atomic mass is 9.91. The highest BCUT2D eigenvalue weighted by molar-refractivity contribution is 6.13. The number of fused-ring (bicyclic) bond motifs is 8. The van der Waals surface area contributed by atoms with Gasteiger partial charge in [-0.3, -0.25) is 0 Å². The molecule has 12 nitrogen and oxygen atoms in total. The topological polar surface area (TPSA) is 164 Å². The van der Waals surface area contributed by atoms with E-state index in [9.17, 15) is 20.4 Å². The summed E-state index contributed by atoms with van der Waals surface area (Å²) in [4.78, 5) is 13.5. The molecule has 4 aromatic carbocycles. The quantitative estimate of drug-likeness (QED) is 0.0999. The highest BCUT2D eigenvalue weighted by Gasteiger charge is 2.30. The third-order valence-electron chi connectivity index (χ3n) is 10.5. The van der Waals surface area contributed by atoms with Crippen molar-refractivity contribution in [1.82, 2.24) is 19.5 Å². The Balaban J connectivity index is 1.64. The highest BCUT2D eigenvalue weighted by atomic mass is 16.5. The van der Waals surface area contributed by atoms with Crippen LogP contribution in [0.4, 0.5) is 0 Å². The van der Waals surface area contributed by atoms with Crippen LogP contribution < -0.4 is 18.9 Å². The predicted molar refractivity (Wildman–Crippen MR) is 233 cm³/mol. The lowest BCUT2D eigenvalue weighted by Gasteiger charge is -2.16. The second kappa shape index (κ2) is 15.0. The minimum absolute atomic E-state index is 0.129. The molecule has 2 aliphatic rings. The van der Waals surface area contributed by atoms with Gasteiger partial charge >= 0.3 is 0 Å². The Labute approximate surface area is 343 Å². The lowest BCUT2D eigenvalue weighted by molar-refractivity contribution is 0.407. The number of ether oxygens (including phenoxy) is 4. The van der Waals surface area contributed by atoms with Gasteiger partial charge < -0.3 is 48.9 Å². The Hall–Kier alpha value is -8.12. The number of hydrogen-bond acceptors (Lipinski definition) is 10. The van der Waals surface area contributed by atoms with Crippen LogP contribution in [0, 0.1) is 0 Å². The van der Waals surface area contributed by atoms with Crippen LogP contribution in [-0.2, 0) is 0 Å². The summed E-state index contributed by atoms with van der Waals surface area (Å²) in [5.41, 5.74) is 7.35. The van der Waals surface area contributed by atoms with Crippen molar-refractivity contribution in [1.29, 1.82) is 0 Å². The fourth-order valence-corrected chi connectivity index (χ4v) is 7.71. The molecule has 0 fully saturated rings. The molecule has 12 heteroatoms. The van der Waals surface area contributed by atoms with Crippen molar-refractivity contribution >= 4 is 46.4 Å². The third kappa shape index (κ3) is 6.55. The first-order valence-corrected chi connectivity index (χ1v) is 18.8. The summed E-state index contributed by atoms with van der Waals surface area (Å²) in [6.07, 6.45) is 7.48. The summed E-state index contributed by atoms with van der Waals surface area (Å²) in [6.45, 7) is 0. The van der Waals surface area contributed by atoms with E-state index in [1.54, 1.807) is 48.5 Å². The van der Waals surface area contributed by atoms with Crippen molar-refractivity contribution in [3.8, 4) is 85.1 Å². The van der Waals surface area contributed by atoms with Gasteiger partial charge in [-0.1, -0.05) is 0 Å². The Morgan fingerprint density at radius 1 is 0.450 bits per heavy atom. The van der Waals surface area contributed by atoms with E-state index in [0.29, 0.717) is 95.9 Å². The van der Waals surface area contributed by atoms with E-state index in [-0.39, 0.29) is 23.0 Å². The summed E-state index contributed by atoms with van der Waals surface area (Å²) in [5.74, 6) is 1.09. The Kier molecular flexibility index (Phi) is 9.36. The molecular weight excluding hydrogens is 761 g/mol. The second-order valence-corrected chi connectivity index (χ2v) is 14.1. The molecule has 9 rings (SSSR count). The summed E-state index contributed by atoms with van der Waals surface area (Å²) in [5, 5.41) is 48.0. The van der Waals surface area contributed by atoms with Gasteiger partial charge in [0.2, 0.25) is 0 Å². The van der Waals surface area contributed by atoms with Gasteiger partial charge in [0.25, 0.3) is 0 Å². The maximum Gasteiger partial charge on any atom is 0.143 e. The molecule has 0 saturated carbocycles. The number of phenols is 4. The van der Waals surface area contributed by atoms with E-state index < -0.39 is 0 Å². The van der Waals surface area contributed by atoms with Crippen LogP contribution in [-0.4, -0.2) is 68.4 Å². The van der Waals surface area contributed by atoms with Gasteiger partial charge in [0, 0.05) is 68.7 Å². The van der Waals surface area contributed by atoms with Crippen LogP contribution in [0.2, 0.25) is 0 Å². The molecule has 0 radical (unpaired) electrons. The lowest BCUT2D eigenvalue weighted by Crippen LogP contribution is -1.99. The van der Waals surface area contributed by atoms with Gasteiger partial charge in [-0.05, 0) is 103 Å². The van der Waals surface area contributed by atoms with Crippen LogP contribution in [0.5, 0.6) is 46.0 Å². The monoisotopic (exact) mass is 798 g/mol. The third-order valence-corrected chi connectivity index (χ3v) is 10.5. The molecule has 2 aliphatic heterocycles. The molecule has 0 atom stereocenters. The van der Waals surface area contributed by atoms with E-state index in [1.807, 2.05) is 59.2 Å². The van der Waals surface area contributed by atoms with Crippen LogP contribution in [0.25, 0.3) is 85.4 Å². The molecule has 5 heterocycles. The maximum absolute atomic E-state index is 12.1.